The lowest BCUT2D eigenvalue weighted by molar-refractivity contribution is 0.474. The highest BCUT2D eigenvalue weighted by atomic mass is 15.1. The molecule has 1 nitrogen and oxygen atoms in total. The summed E-state index contributed by atoms with van der Waals surface area (Å²) in [5.41, 5.74) is 2.43. The van der Waals surface area contributed by atoms with Crippen molar-refractivity contribution < 1.29 is 0 Å². The van der Waals surface area contributed by atoms with Crippen molar-refractivity contribution >= 4 is 0 Å². The molecule has 0 aliphatic carbocycles. The normalized spacial score (nSPS) is 11.4. The lowest BCUT2D eigenvalue weighted by atomic mass is 10.0. The predicted molar refractivity (Wildman–Crippen MR) is 69.7 cm³/mol. The summed E-state index contributed by atoms with van der Waals surface area (Å²) < 4.78 is 0. The van der Waals surface area contributed by atoms with Crippen molar-refractivity contribution in [1.29, 1.82) is 0 Å². The van der Waals surface area contributed by atoms with Gasteiger partial charge in [0.15, 0.2) is 0 Å². The van der Waals surface area contributed by atoms with Gasteiger partial charge in [-0.1, -0.05) is 52.0 Å². The maximum atomic E-state index is 4.06. The summed E-state index contributed by atoms with van der Waals surface area (Å²) in [6, 6.07) is 0. The molecule has 0 rings (SSSR count). The van der Waals surface area contributed by atoms with Crippen molar-refractivity contribution in [3.8, 4) is 0 Å². The highest BCUT2D eigenvalue weighted by molar-refractivity contribution is 5.16. The van der Waals surface area contributed by atoms with E-state index in [-0.39, 0.29) is 0 Å². The minimum Gasteiger partial charge on any atom is -0.376 e. The quantitative estimate of drug-likeness (QED) is 0.472. The molecule has 0 aliphatic heterocycles. The third kappa shape index (κ3) is 6.16. The van der Waals surface area contributed by atoms with Gasteiger partial charge in [-0.3, -0.25) is 0 Å². The van der Waals surface area contributed by atoms with Crippen molar-refractivity contribution in [1.82, 2.24) is 4.90 Å². The van der Waals surface area contributed by atoms with Gasteiger partial charge < -0.3 is 4.90 Å². The van der Waals surface area contributed by atoms with Crippen molar-refractivity contribution in [3.63, 3.8) is 0 Å². The highest BCUT2D eigenvalue weighted by Gasteiger charge is 2.02. The van der Waals surface area contributed by atoms with Crippen molar-refractivity contribution in [2.45, 2.75) is 27.7 Å². The number of hydrogen-bond acceptors (Lipinski definition) is 1. The maximum absolute atomic E-state index is 4.06. The molecule has 0 saturated heterocycles. The largest absolute Gasteiger partial charge is 0.376 e. The highest BCUT2D eigenvalue weighted by Crippen LogP contribution is 2.10. The van der Waals surface area contributed by atoms with Crippen LogP contribution in [0.4, 0.5) is 0 Å². The first-order valence-corrected chi connectivity index (χ1v) is 5.59. The van der Waals surface area contributed by atoms with Gasteiger partial charge in [0.25, 0.3) is 0 Å². The van der Waals surface area contributed by atoms with Crippen LogP contribution in [0.1, 0.15) is 27.7 Å². The van der Waals surface area contributed by atoms with E-state index in [1.54, 1.807) is 0 Å². The van der Waals surface area contributed by atoms with Crippen molar-refractivity contribution in [2.75, 3.05) is 13.6 Å². The molecular formula is C14H25N. The summed E-state index contributed by atoms with van der Waals surface area (Å²) in [6.45, 7) is 17.6. The molecule has 0 amide bonds. The first-order valence-electron chi connectivity index (χ1n) is 5.59. The third-order valence-corrected chi connectivity index (χ3v) is 2.55. The van der Waals surface area contributed by atoms with Gasteiger partial charge in [-0.05, 0) is 24.1 Å². The molecule has 0 aromatic heterocycles. The molecule has 0 aliphatic rings. The molecule has 15 heavy (non-hydrogen) atoms. The van der Waals surface area contributed by atoms with E-state index in [1.165, 1.54) is 5.57 Å². The minimum atomic E-state index is 0.517. The van der Waals surface area contributed by atoms with Crippen LogP contribution in [0.3, 0.4) is 0 Å². The zero-order valence-electron chi connectivity index (χ0n) is 10.9. The molecule has 0 unspecified atom stereocenters. The topological polar surface area (TPSA) is 3.24 Å². The maximum Gasteiger partial charge on any atom is 0.0380 e. The number of rotatable bonds is 6. The fourth-order valence-electron chi connectivity index (χ4n) is 0.971. The van der Waals surface area contributed by atoms with Gasteiger partial charge in [-0.2, -0.15) is 0 Å². The van der Waals surface area contributed by atoms with E-state index < -0.39 is 0 Å². The monoisotopic (exact) mass is 207 g/mol. The van der Waals surface area contributed by atoms with E-state index in [0.717, 1.165) is 12.1 Å². The summed E-state index contributed by atoms with van der Waals surface area (Å²) in [5, 5.41) is 0. The van der Waals surface area contributed by atoms with E-state index in [0.29, 0.717) is 11.8 Å². The average Bonchev–Trinajstić information content (AvgIpc) is 2.13. The number of hydrogen-bond donors (Lipinski definition) is 0. The van der Waals surface area contributed by atoms with E-state index in [2.05, 4.69) is 65.1 Å². The van der Waals surface area contributed by atoms with Gasteiger partial charge in [0.05, 0.1) is 0 Å². The Kier molecular flexibility index (Phi) is 6.07. The van der Waals surface area contributed by atoms with Crippen LogP contribution < -0.4 is 0 Å². The molecule has 86 valence electrons. The molecule has 0 bridgehead atoms. The molecule has 0 atom stereocenters. The standard InChI is InChI=1S/C14H25N/c1-11(2)13(5)8-9-15(7)10-14(6)12(3)4/h8-9,11-12H,5-6,10H2,1-4,7H3/b9-8-. The molecule has 0 spiro atoms. The fourth-order valence-corrected chi connectivity index (χ4v) is 0.971. The predicted octanol–water partition coefficient (Wildman–Crippen LogP) is 3.86. The second-order valence-corrected chi connectivity index (χ2v) is 4.77. The van der Waals surface area contributed by atoms with E-state index in [9.17, 15) is 0 Å². The fraction of sp³-hybridized carbons (Fsp3) is 0.571. The summed E-state index contributed by atoms with van der Waals surface area (Å²) in [7, 11) is 2.07. The molecule has 0 N–H and O–H groups in total. The lowest BCUT2D eigenvalue weighted by Crippen LogP contribution is -2.16. The van der Waals surface area contributed by atoms with Crippen LogP contribution >= 0.6 is 0 Å². The molecule has 0 aromatic rings. The van der Waals surface area contributed by atoms with Crippen LogP contribution in [0.25, 0.3) is 0 Å². The first kappa shape index (κ1) is 14.0. The Bertz CT molecular complexity index is 246. The van der Waals surface area contributed by atoms with E-state index >= 15 is 0 Å². The van der Waals surface area contributed by atoms with Gasteiger partial charge in [0.2, 0.25) is 0 Å². The molecule has 0 aromatic carbocycles. The van der Waals surface area contributed by atoms with Crippen molar-refractivity contribution in [2.24, 2.45) is 11.8 Å². The molecule has 0 fully saturated rings. The van der Waals surface area contributed by atoms with Crippen molar-refractivity contribution in [3.05, 3.63) is 36.6 Å². The molecule has 0 radical (unpaired) electrons. The van der Waals surface area contributed by atoms with Crippen LogP contribution in [0, 0.1) is 11.8 Å². The summed E-state index contributed by atoms with van der Waals surface area (Å²) in [5.74, 6) is 1.07. The average molecular weight is 207 g/mol. The number of allylic oxidation sites excluding steroid dienone is 2. The van der Waals surface area contributed by atoms with E-state index in [1.807, 2.05) is 0 Å². The zero-order chi connectivity index (χ0) is 12.0. The summed E-state index contributed by atoms with van der Waals surface area (Å²) in [4.78, 5) is 2.15. The smallest absolute Gasteiger partial charge is 0.0380 e. The third-order valence-electron chi connectivity index (χ3n) is 2.55. The first-order chi connectivity index (χ1) is 6.84. The Morgan fingerprint density at radius 2 is 1.67 bits per heavy atom. The Morgan fingerprint density at radius 3 is 2.07 bits per heavy atom. The molecule has 1 heteroatoms. The molecular weight excluding hydrogens is 182 g/mol. The van der Waals surface area contributed by atoms with Gasteiger partial charge in [-0.15, -0.1) is 0 Å². The number of likely N-dealkylation sites (N-methyl/N-ethyl adjacent to an activating group) is 1. The number of nitrogens with zero attached hydrogens (tertiary/aromatic N) is 1. The zero-order valence-corrected chi connectivity index (χ0v) is 10.9. The second kappa shape index (κ2) is 6.49. The van der Waals surface area contributed by atoms with E-state index in [4.69, 9.17) is 0 Å². The van der Waals surface area contributed by atoms with Crippen LogP contribution in [0.5, 0.6) is 0 Å². The van der Waals surface area contributed by atoms with Crippen LogP contribution in [0.15, 0.2) is 36.6 Å². The SMILES string of the molecule is C=C(/C=C\N(C)CC(=C)C(C)C)C(C)C. The molecule has 0 saturated carbocycles. The Hall–Kier alpha value is -0.980. The Balaban J connectivity index is 4.09. The minimum absolute atomic E-state index is 0.517. The summed E-state index contributed by atoms with van der Waals surface area (Å²) in [6.07, 6.45) is 4.16. The van der Waals surface area contributed by atoms with Crippen LogP contribution in [-0.4, -0.2) is 18.5 Å². The molecule has 0 heterocycles. The second-order valence-electron chi connectivity index (χ2n) is 4.77. The van der Waals surface area contributed by atoms with Crippen LogP contribution in [0.2, 0.25) is 0 Å². The summed E-state index contributed by atoms with van der Waals surface area (Å²) >= 11 is 0. The van der Waals surface area contributed by atoms with Gasteiger partial charge in [0.1, 0.15) is 0 Å². The lowest BCUT2D eigenvalue weighted by Gasteiger charge is -2.18. The van der Waals surface area contributed by atoms with Gasteiger partial charge in [-0.25, -0.2) is 0 Å². The van der Waals surface area contributed by atoms with Gasteiger partial charge in [0, 0.05) is 13.6 Å². The van der Waals surface area contributed by atoms with Crippen LogP contribution in [-0.2, 0) is 0 Å². The Morgan fingerprint density at radius 1 is 1.13 bits per heavy atom. The Labute approximate surface area is 95.2 Å². The van der Waals surface area contributed by atoms with Gasteiger partial charge >= 0.3 is 0 Å².